The third-order valence-electron chi connectivity index (χ3n) is 1.90. The lowest BCUT2D eigenvalue weighted by atomic mass is 10.4. The number of anilines is 1. The van der Waals surface area contributed by atoms with Crippen LogP contribution in [0.15, 0.2) is 6.20 Å². The molecule has 0 saturated carbocycles. The molecule has 0 unspecified atom stereocenters. The van der Waals surface area contributed by atoms with Gasteiger partial charge in [-0.15, -0.1) is 0 Å². The summed E-state index contributed by atoms with van der Waals surface area (Å²) in [7, 11) is 3.24. The minimum Gasteiger partial charge on any atom is -0.361 e. The smallest absolute Gasteiger partial charge is 0.361 e. The Morgan fingerprint density at radius 3 is 2.65 bits per heavy atom. The van der Waals surface area contributed by atoms with E-state index in [1.807, 2.05) is 0 Å². The van der Waals surface area contributed by atoms with E-state index in [1.165, 1.54) is 4.90 Å². The van der Waals surface area contributed by atoms with Crippen LogP contribution in [-0.4, -0.2) is 36.4 Å². The second-order valence-corrected chi connectivity index (χ2v) is 4.52. The number of carbonyl (C=O) groups excluding carboxylic acids is 1. The van der Waals surface area contributed by atoms with Crippen molar-refractivity contribution in [1.82, 2.24) is 9.88 Å². The first-order valence-corrected chi connectivity index (χ1v) is 5.59. The maximum atomic E-state index is 12.2. The zero-order valence-electron chi connectivity index (χ0n) is 9.34. The molecule has 0 aliphatic heterocycles. The summed E-state index contributed by atoms with van der Waals surface area (Å²) in [4.78, 5) is 15.4. The minimum atomic E-state index is -4.36. The predicted octanol–water partition coefficient (Wildman–Crippen LogP) is 2.05. The monoisotopic (exact) mass is 267 g/mol. The Morgan fingerprint density at radius 1 is 1.53 bits per heavy atom. The van der Waals surface area contributed by atoms with Gasteiger partial charge in [0, 0.05) is 27.1 Å². The highest BCUT2D eigenvalue weighted by molar-refractivity contribution is 7.15. The van der Waals surface area contributed by atoms with Gasteiger partial charge in [0.1, 0.15) is 4.88 Å². The SMILES string of the molecule is CN(C)C(=O)CCNc1ncc(C(F)(F)F)s1. The lowest BCUT2D eigenvalue weighted by Crippen LogP contribution is -2.23. The van der Waals surface area contributed by atoms with Crippen LogP contribution in [0.3, 0.4) is 0 Å². The van der Waals surface area contributed by atoms with Crippen molar-refractivity contribution in [1.29, 1.82) is 0 Å². The number of hydrogen-bond donors (Lipinski definition) is 1. The quantitative estimate of drug-likeness (QED) is 0.908. The fourth-order valence-electron chi connectivity index (χ4n) is 0.987. The zero-order valence-corrected chi connectivity index (χ0v) is 10.2. The van der Waals surface area contributed by atoms with Crippen molar-refractivity contribution in [2.75, 3.05) is 26.0 Å². The van der Waals surface area contributed by atoms with Crippen LogP contribution in [0.4, 0.5) is 18.3 Å². The van der Waals surface area contributed by atoms with Crippen molar-refractivity contribution in [3.8, 4) is 0 Å². The molecule has 1 heterocycles. The summed E-state index contributed by atoms with van der Waals surface area (Å²) in [6.45, 7) is 0.266. The number of carbonyl (C=O) groups is 1. The molecule has 0 fully saturated rings. The number of nitrogens with one attached hydrogen (secondary N) is 1. The number of halogens is 3. The molecule has 0 spiro atoms. The van der Waals surface area contributed by atoms with Crippen molar-refractivity contribution < 1.29 is 18.0 Å². The molecule has 1 rings (SSSR count). The molecular formula is C9H12F3N3OS. The van der Waals surface area contributed by atoms with Gasteiger partial charge in [-0.05, 0) is 0 Å². The van der Waals surface area contributed by atoms with Crippen LogP contribution in [0.2, 0.25) is 0 Å². The van der Waals surface area contributed by atoms with Crippen LogP contribution in [0.25, 0.3) is 0 Å². The van der Waals surface area contributed by atoms with Gasteiger partial charge in [-0.3, -0.25) is 4.79 Å². The normalized spacial score (nSPS) is 11.4. The Labute approximate surface area is 100 Å². The van der Waals surface area contributed by atoms with Crippen molar-refractivity contribution >= 4 is 22.4 Å². The molecule has 96 valence electrons. The summed E-state index contributed by atoms with van der Waals surface area (Å²) in [5, 5.41) is 2.85. The van der Waals surface area contributed by atoms with Crippen molar-refractivity contribution in [2.45, 2.75) is 12.6 Å². The minimum absolute atomic E-state index is 0.0925. The van der Waals surface area contributed by atoms with Crippen LogP contribution in [0.5, 0.6) is 0 Å². The fourth-order valence-corrected chi connectivity index (χ4v) is 1.70. The maximum Gasteiger partial charge on any atom is 0.427 e. The lowest BCUT2D eigenvalue weighted by molar-refractivity contribution is -0.134. The molecule has 0 aliphatic carbocycles. The van der Waals surface area contributed by atoms with E-state index in [0.29, 0.717) is 11.3 Å². The molecule has 0 aliphatic rings. The van der Waals surface area contributed by atoms with Crippen LogP contribution in [0, 0.1) is 0 Å². The van der Waals surface area contributed by atoms with E-state index in [1.54, 1.807) is 14.1 Å². The number of aromatic nitrogens is 1. The van der Waals surface area contributed by atoms with Gasteiger partial charge in [0.2, 0.25) is 5.91 Å². The van der Waals surface area contributed by atoms with Gasteiger partial charge < -0.3 is 10.2 Å². The van der Waals surface area contributed by atoms with Crippen LogP contribution >= 0.6 is 11.3 Å². The number of thiazole rings is 1. The number of hydrogen-bond acceptors (Lipinski definition) is 4. The first kappa shape index (κ1) is 13.8. The molecule has 0 atom stereocenters. The van der Waals surface area contributed by atoms with Crippen LogP contribution < -0.4 is 5.32 Å². The van der Waals surface area contributed by atoms with E-state index in [4.69, 9.17) is 0 Å². The summed E-state index contributed by atoms with van der Waals surface area (Å²) < 4.78 is 36.7. The summed E-state index contributed by atoms with van der Waals surface area (Å²) in [6, 6.07) is 0. The first-order chi connectivity index (χ1) is 7.80. The van der Waals surface area contributed by atoms with Gasteiger partial charge in [0.25, 0.3) is 0 Å². The number of alkyl halides is 3. The molecular weight excluding hydrogens is 255 g/mol. The van der Waals surface area contributed by atoms with Gasteiger partial charge in [-0.2, -0.15) is 13.2 Å². The van der Waals surface area contributed by atoms with Gasteiger partial charge in [0.05, 0.1) is 6.20 Å². The Balaban J connectivity index is 2.43. The van der Waals surface area contributed by atoms with Crippen LogP contribution in [0.1, 0.15) is 11.3 Å². The Morgan fingerprint density at radius 2 is 2.18 bits per heavy atom. The highest BCUT2D eigenvalue weighted by atomic mass is 32.1. The van der Waals surface area contributed by atoms with Gasteiger partial charge in [0.15, 0.2) is 5.13 Å². The highest BCUT2D eigenvalue weighted by Gasteiger charge is 2.33. The number of nitrogens with zero attached hydrogens (tertiary/aromatic N) is 2. The van der Waals surface area contributed by atoms with Crippen molar-refractivity contribution in [3.63, 3.8) is 0 Å². The van der Waals surface area contributed by atoms with E-state index in [-0.39, 0.29) is 24.0 Å². The second-order valence-electron chi connectivity index (χ2n) is 3.49. The summed E-state index contributed by atoms with van der Waals surface area (Å²) in [5.74, 6) is -0.0925. The van der Waals surface area contributed by atoms with E-state index >= 15 is 0 Å². The van der Waals surface area contributed by atoms with Crippen molar-refractivity contribution in [2.24, 2.45) is 0 Å². The molecule has 0 aromatic carbocycles. The van der Waals surface area contributed by atoms with Gasteiger partial charge in [-0.25, -0.2) is 4.98 Å². The fraction of sp³-hybridized carbons (Fsp3) is 0.556. The average molecular weight is 267 g/mol. The second kappa shape index (κ2) is 5.35. The third kappa shape index (κ3) is 4.22. The van der Waals surface area contributed by atoms with Gasteiger partial charge in [-0.1, -0.05) is 11.3 Å². The van der Waals surface area contributed by atoms with Gasteiger partial charge >= 0.3 is 6.18 Å². The van der Waals surface area contributed by atoms with Crippen LogP contribution in [-0.2, 0) is 11.0 Å². The predicted molar refractivity (Wildman–Crippen MR) is 58.9 cm³/mol. The molecule has 4 nitrogen and oxygen atoms in total. The summed E-state index contributed by atoms with van der Waals surface area (Å²) in [6.07, 6.45) is -3.37. The lowest BCUT2D eigenvalue weighted by Gasteiger charge is -2.09. The molecule has 1 N–H and O–H groups in total. The van der Waals surface area contributed by atoms with E-state index < -0.39 is 11.1 Å². The number of amides is 1. The Hall–Kier alpha value is -1.31. The molecule has 17 heavy (non-hydrogen) atoms. The molecule has 1 aromatic rings. The Bertz CT molecular complexity index is 389. The molecule has 0 radical (unpaired) electrons. The molecule has 1 aromatic heterocycles. The number of rotatable bonds is 4. The zero-order chi connectivity index (χ0) is 13.1. The first-order valence-electron chi connectivity index (χ1n) is 4.77. The molecule has 0 bridgehead atoms. The van der Waals surface area contributed by atoms with E-state index in [0.717, 1.165) is 6.20 Å². The van der Waals surface area contributed by atoms with E-state index in [9.17, 15) is 18.0 Å². The molecule has 1 amide bonds. The third-order valence-corrected chi connectivity index (χ3v) is 2.90. The average Bonchev–Trinajstić information content (AvgIpc) is 2.65. The van der Waals surface area contributed by atoms with Crippen molar-refractivity contribution in [3.05, 3.63) is 11.1 Å². The highest BCUT2D eigenvalue weighted by Crippen LogP contribution is 2.34. The maximum absolute atomic E-state index is 12.2. The Kier molecular flexibility index (Phi) is 4.33. The molecule has 8 heteroatoms. The summed E-state index contributed by atoms with van der Waals surface area (Å²) in [5.41, 5.74) is 0. The molecule has 0 saturated heterocycles. The topological polar surface area (TPSA) is 45.2 Å². The summed E-state index contributed by atoms with van der Waals surface area (Å²) >= 11 is 0.528. The largest absolute Gasteiger partial charge is 0.427 e. The standard InChI is InChI=1S/C9H12F3N3OS/c1-15(2)7(16)3-4-13-8-14-5-6(17-8)9(10,11)12/h5H,3-4H2,1-2H3,(H,13,14). The van der Waals surface area contributed by atoms with E-state index in [2.05, 4.69) is 10.3 Å².